The number of nitrogens with one attached hydrogen (secondary N) is 1. The Kier molecular flexibility index (Phi) is 1.99. The fraction of sp³-hybridized carbons (Fsp3) is 0.538. The van der Waals surface area contributed by atoms with E-state index in [1.54, 1.807) is 5.56 Å². The largest absolute Gasteiger partial charge is 0.346 e. The van der Waals surface area contributed by atoms with Gasteiger partial charge in [0.1, 0.15) is 0 Å². The zero-order chi connectivity index (χ0) is 10.4. The maximum atomic E-state index is 3.49. The standard InChI is InChI=1S/C13H18N2/c1-9-7-11-8-14-4-6-15-5-3-12(10(9)2)13(11)15/h3,5,7,9-10,14H,4,6,8H2,1-2H3/t9-,10-/m1/s1. The third kappa shape index (κ3) is 1.28. The van der Waals surface area contributed by atoms with E-state index in [1.165, 1.54) is 11.3 Å². The Bertz CT molecular complexity index is 414. The van der Waals surface area contributed by atoms with Gasteiger partial charge in [-0.15, -0.1) is 0 Å². The predicted octanol–water partition coefficient (Wildman–Crippen LogP) is 2.23. The molecule has 1 aliphatic heterocycles. The van der Waals surface area contributed by atoms with Crippen molar-refractivity contribution in [3.8, 4) is 0 Å². The van der Waals surface area contributed by atoms with Crippen molar-refractivity contribution >= 4 is 5.57 Å². The lowest BCUT2D eigenvalue weighted by molar-refractivity contribution is 0.578. The van der Waals surface area contributed by atoms with Crippen LogP contribution in [0, 0.1) is 5.92 Å². The number of allylic oxidation sites excluding steroid dienone is 1. The van der Waals surface area contributed by atoms with Crippen LogP contribution in [-0.2, 0) is 6.54 Å². The molecular weight excluding hydrogens is 184 g/mol. The summed E-state index contributed by atoms with van der Waals surface area (Å²) in [6.45, 7) is 7.89. The summed E-state index contributed by atoms with van der Waals surface area (Å²) in [6.07, 6.45) is 4.70. The molecule has 1 N–H and O–H groups in total. The molecule has 0 saturated heterocycles. The van der Waals surface area contributed by atoms with Gasteiger partial charge >= 0.3 is 0 Å². The molecular formula is C13H18N2. The van der Waals surface area contributed by atoms with Crippen LogP contribution in [-0.4, -0.2) is 17.7 Å². The van der Waals surface area contributed by atoms with Crippen LogP contribution in [0.4, 0.5) is 0 Å². The molecule has 1 aromatic rings. The molecule has 3 rings (SSSR count). The summed E-state index contributed by atoms with van der Waals surface area (Å²) >= 11 is 0. The Balaban J connectivity index is 2.19. The fourth-order valence-corrected chi connectivity index (χ4v) is 2.80. The molecule has 0 radical (unpaired) electrons. The van der Waals surface area contributed by atoms with E-state index in [2.05, 4.69) is 42.1 Å². The van der Waals surface area contributed by atoms with Crippen LogP contribution < -0.4 is 5.32 Å². The first kappa shape index (κ1) is 9.22. The normalized spacial score (nSPS) is 29.3. The van der Waals surface area contributed by atoms with Gasteiger partial charge in [0.2, 0.25) is 0 Å². The summed E-state index contributed by atoms with van der Waals surface area (Å²) < 4.78 is 2.41. The molecule has 0 spiro atoms. The van der Waals surface area contributed by atoms with Gasteiger partial charge in [-0.2, -0.15) is 0 Å². The average Bonchev–Trinajstić information content (AvgIpc) is 2.54. The minimum atomic E-state index is 0.670. The summed E-state index contributed by atoms with van der Waals surface area (Å²) in [5, 5.41) is 3.49. The fourth-order valence-electron chi connectivity index (χ4n) is 2.80. The Labute approximate surface area is 91.0 Å². The van der Waals surface area contributed by atoms with Crippen molar-refractivity contribution in [1.82, 2.24) is 9.88 Å². The van der Waals surface area contributed by atoms with Crippen LogP contribution in [0.1, 0.15) is 31.0 Å². The summed E-state index contributed by atoms with van der Waals surface area (Å²) in [6, 6.07) is 2.31. The Morgan fingerprint density at radius 1 is 1.40 bits per heavy atom. The van der Waals surface area contributed by atoms with Crippen LogP contribution in [0.5, 0.6) is 0 Å². The van der Waals surface area contributed by atoms with E-state index in [0.717, 1.165) is 19.6 Å². The van der Waals surface area contributed by atoms with Gasteiger partial charge in [-0.1, -0.05) is 19.9 Å². The van der Waals surface area contributed by atoms with E-state index in [-0.39, 0.29) is 0 Å². The van der Waals surface area contributed by atoms with E-state index >= 15 is 0 Å². The summed E-state index contributed by atoms with van der Waals surface area (Å²) in [5.41, 5.74) is 4.53. The highest BCUT2D eigenvalue weighted by Crippen LogP contribution is 2.38. The predicted molar refractivity (Wildman–Crippen MR) is 62.9 cm³/mol. The molecule has 2 atom stereocenters. The smallest absolute Gasteiger partial charge is 0.0485 e. The molecule has 15 heavy (non-hydrogen) atoms. The number of rotatable bonds is 0. The summed E-state index contributed by atoms with van der Waals surface area (Å²) in [7, 11) is 0. The molecule has 2 nitrogen and oxygen atoms in total. The van der Waals surface area contributed by atoms with Gasteiger partial charge in [0.25, 0.3) is 0 Å². The molecule has 0 aromatic carbocycles. The molecule has 80 valence electrons. The lowest BCUT2D eigenvalue weighted by Gasteiger charge is -2.25. The maximum absolute atomic E-state index is 3.49. The highest BCUT2D eigenvalue weighted by molar-refractivity contribution is 5.71. The van der Waals surface area contributed by atoms with Gasteiger partial charge in [-0.3, -0.25) is 0 Å². The lowest BCUT2D eigenvalue weighted by Crippen LogP contribution is -2.19. The van der Waals surface area contributed by atoms with E-state index in [1.807, 2.05) is 0 Å². The molecule has 0 amide bonds. The van der Waals surface area contributed by atoms with Crippen LogP contribution >= 0.6 is 0 Å². The molecule has 0 fully saturated rings. The van der Waals surface area contributed by atoms with Crippen LogP contribution in [0.25, 0.3) is 5.57 Å². The van der Waals surface area contributed by atoms with Crippen molar-refractivity contribution in [3.05, 3.63) is 29.6 Å². The third-order valence-electron chi connectivity index (χ3n) is 3.89. The monoisotopic (exact) mass is 202 g/mol. The van der Waals surface area contributed by atoms with Gasteiger partial charge in [-0.25, -0.2) is 0 Å². The minimum Gasteiger partial charge on any atom is -0.346 e. The molecule has 2 aliphatic rings. The lowest BCUT2D eigenvalue weighted by atomic mass is 9.81. The highest BCUT2D eigenvalue weighted by Gasteiger charge is 2.27. The highest BCUT2D eigenvalue weighted by atomic mass is 15.0. The van der Waals surface area contributed by atoms with Gasteiger partial charge in [0, 0.05) is 31.5 Å². The minimum absolute atomic E-state index is 0.670. The summed E-state index contributed by atoms with van der Waals surface area (Å²) in [4.78, 5) is 0. The summed E-state index contributed by atoms with van der Waals surface area (Å²) in [5.74, 6) is 1.34. The van der Waals surface area contributed by atoms with E-state index in [0.29, 0.717) is 11.8 Å². The molecule has 0 unspecified atom stereocenters. The van der Waals surface area contributed by atoms with Crippen molar-refractivity contribution < 1.29 is 0 Å². The molecule has 0 bridgehead atoms. The van der Waals surface area contributed by atoms with Gasteiger partial charge in [0.05, 0.1) is 0 Å². The first-order valence-corrected chi connectivity index (χ1v) is 5.88. The quantitative estimate of drug-likeness (QED) is 0.682. The van der Waals surface area contributed by atoms with Crippen molar-refractivity contribution in [2.75, 3.05) is 13.1 Å². The Morgan fingerprint density at radius 3 is 3.13 bits per heavy atom. The number of nitrogens with zero attached hydrogens (tertiary/aromatic N) is 1. The van der Waals surface area contributed by atoms with Gasteiger partial charge in [-0.05, 0) is 29.0 Å². The number of hydrogen-bond acceptors (Lipinski definition) is 1. The number of hydrogen-bond donors (Lipinski definition) is 1. The second-order valence-electron chi connectivity index (χ2n) is 4.83. The zero-order valence-electron chi connectivity index (χ0n) is 9.46. The molecule has 0 saturated carbocycles. The van der Waals surface area contributed by atoms with E-state index in [9.17, 15) is 0 Å². The second-order valence-corrected chi connectivity index (χ2v) is 4.83. The van der Waals surface area contributed by atoms with Crippen molar-refractivity contribution in [3.63, 3.8) is 0 Å². The Hall–Kier alpha value is -1.02. The average molecular weight is 202 g/mol. The van der Waals surface area contributed by atoms with Gasteiger partial charge in [0.15, 0.2) is 0 Å². The van der Waals surface area contributed by atoms with Crippen LogP contribution in [0.3, 0.4) is 0 Å². The van der Waals surface area contributed by atoms with E-state index < -0.39 is 0 Å². The molecule has 2 heterocycles. The maximum Gasteiger partial charge on any atom is 0.0485 e. The molecule has 1 aromatic heterocycles. The first-order chi connectivity index (χ1) is 7.27. The topological polar surface area (TPSA) is 17.0 Å². The van der Waals surface area contributed by atoms with Crippen LogP contribution in [0.2, 0.25) is 0 Å². The zero-order valence-corrected chi connectivity index (χ0v) is 9.46. The SMILES string of the molecule is C[C@@H]1C=C2CNCCn3ccc(c32)[C@@H]1C. The van der Waals surface area contributed by atoms with Crippen LogP contribution in [0.15, 0.2) is 18.3 Å². The van der Waals surface area contributed by atoms with Crippen molar-refractivity contribution in [2.45, 2.75) is 26.3 Å². The van der Waals surface area contributed by atoms with Crippen molar-refractivity contribution in [1.29, 1.82) is 0 Å². The second kappa shape index (κ2) is 3.24. The van der Waals surface area contributed by atoms with Crippen molar-refractivity contribution in [2.24, 2.45) is 5.92 Å². The van der Waals surface area contributed by atoms with E-state index in [4.69, 9.17) is 0 Å². The third-order valence-corrected chi connectivity index (χ3v) is 3.89. The number of aromatic nitrogens is 1. The molecule has 2 heteroatoms. The Morgan fingerprint density at radius 2 is 2.27 bits per heavy atom. The van der Waals surface area contributed by atoms with Gasteiger partial charge < -0.3 is 9.88 Å². The molecule has 1 aliphatic carbocycles. The first-order valence-electron chi connectivity index (χ1n) is 5.88.